The summed E-state index contributed by atoms with van der Waals surface area (Å²) in [5.41, 5.74) is 1.72. The number of halogens is 1. The fourth-order valence-electron chi connectivity index (χ4n) is 1.96. The third-order valence-electron chi connectivity index (χ3n) is 3.17. The SMILES string of the molecule is Cc1cnc(C)c(NC2(CCl)CCOCC2)n1. The van der Waals surface area contributed by atoms with Crippen molar-refractivity contribution in [1.29, 1.82) is 0 Å². The molecule has 4 nitrogen and oxygen atoms in total. The molecular formula is C12H18ClN3O. The molecule has 94 valence electrons. The van der Waals surface area contributed by atoms with Gasteiger partial charge in [0.05, 0.1) is 16.9 Å². The first-order valence-corrected chi connectivity index (χ1v) is 6.41. The van der Waals surface area contributed by atoms with E-state index in [1.54, 1.807) is 6.20 Å². The molecule has 17 heavy (non-hydrogen) atoms. The van der Waals surface area contributed by atoms with Gasteiger partial charge in [-0.1, -0.05) is 0 Å². The minimum absolute atomic E-state index is 0.104. The molecule has 1 aromatic heterocycles. The van der Waals surface area contributed by atoms with E-state index in [9.17, 15) is 0 Å². The molecule has 1 saturated heterocycles. The van der Waals surface area contributed by atoms with Gasteiger partial charge in [-0.15, -0.1) is 11.6 Å². The minimum atomic E-state index is -0.104. The average Bonchev–Trinajstić information content (AvgIpc) is 2.35. The van der Waals surface area contributed by atoms with Gasteiger partial charge in [-0.2, -0.15) is 0 Å². The zero-order chi connectivity index (χ0) is 12.3. The van der Waals surface area contributed by atoms with Gasteiger partial charge < -0.3 is 10.1 Å². The first kappa shape index (κ1) is 12.6. The van der Waals surface area contributed by atoms with Crippen molar-refractivity contribution in [2.75, 3.05) is 24.4 Å². The number of hydrogen-bond donors (Lipinski definition) is 1. The number of nitrogens with one attached hydrogen (secondary N) is 1. The molecule has 2 rings (SSSR count). The second-order valence-electron chi connectivity index (χ2n) is 4.60. The second-order valence-corrected chi connectivity index (χ2v) is 4.86. The molecule has 0 atom stereocenters. The summed E-state index contributed by atoms with van der Waals surface area (Å²) in [4.78, 5) is 8.80. The van der Waals surface area contributed by atoms with Gasteiger partial charge in [-0.25, -0.2) is 4.98 Å². The maximum absolute atomic E-state index is 6.11. The van der Waals surface area contributed by atoms with E-state index in [-0.39, 0.29) is 5.54 Å². The van der Waals surface area contributed by atoms with Crippen LogP contribution in [0.3, 0.4) is 0 Å². The molecule has 0 bridgehead atoms. The lowest BCUT2D eigenvalue weighted by molar-refractivity contribution is 0.0666. The lowest BCUT2D eigenvalue weighted by atomic mass is 9.92. The molecule has 1 N–H and O–H groups in total. The van der Waals surface area contributed by atoms with Crippen LogP contribution < -0.4 is 5.32 Å². The number of aryl methyl sites for hydroxylation is 2. The van der Waals surface area contributed by atoms with Gasteiger partial charge in [0.2, 0.25) is 0 Å². The third kappa shape index (κ3) is 2.87. The standard InChI is InChI=1S/C12H18ClN3O/c1-9-7-14-10(2)11(15-9)16-12(8-13)3-5-17-6-4-12/h7H,3-6,8H2,1-2H3,(H,15,16). The Morgan fingerprint density at radius 1 is 1.41 bits per heavy atom. The van der Waals surface area contributed by atoms with Crippen molar-refractivity contribution >= 4 is 17.4 Å². The van der Waals surface area contributed by atoms with E-state index < -0.39 is 0 Å². The predicted molar refractivity (Wildman–Crippen MR) is 68.6 cm³/mol. The molecular weight excluding hydrogens is 238 g/mol. The first-order chi connectivity index (χ1) is 8.15. The Morgan fingerprint density at radius 3 is 2.76 bits per heavy atom. The molecule has 0 spiro atoms. The van der Waals surface area contributed by atoms with Crippen LogP contribution in [0.5, 0.6) is 0 Å². The summed E-state index contributed by atoms with van der Waals surface area (Å²) in [5.74, 6) is 1.40. The van der Waals surface area contributed by atoms with Gasteiger partial charge in [0.15, 0.2) is 0 Å². The van der Waals surface area contributed by atoms with Gasteiger partial charge in [-0.3, -0.25) is 4.98 Å². The zero-order valence-electron chi connectivity index (χ0n) is 10.3. The molecule has 0 amide bonds. The van der Waals surface area contributed by atoms with Crippen LogP contribution in [-0.2, 0) is 4.74 Å². The Labute approximate surface area is 107 Å². The summed E-state index contributed by atoms with van der Waals surface area (Å²) >= 11 is 6.11. The van der Waals surface area contributed by atoms with Crippen LogP contribution in [0, 0.1) is 13.8 Å². The molecule has 1 fully saturated rings. The second kappa shape index (κ2) is 5.19. The van der Waals surface area contributed by atoms with E-state index in [1.165, 1.54) is 0 Å². The number of hydrogen-bond acceptors (Lipinski definition) is 4. The fourth-order valence-corrected chi connectivity index (χ4v) is 2.30. The van der Waals surface area contributed by atoms with Crippen LogP contribution in [0.15, 0.2) is 6.20 Å². The number of rotatable bonds is 3. The molecule has 0 unspecified atom stereocenters. The average molecular weight is 256 g/mol. The molecule has 2 heterocycles. The van der Waals surface area contributed by atoms with Crippen molar-refractivity contribution in [2.45, 2.75) is 32.2 Å². The Balaban J connectivity index is 2.20. The highest BCUT2D eigenvalue weighted by Crippen LogP contribution is 2.27. The number of anilines is 1. The summed E-state index contributed by atoms with van der Waals surface area (Å²) in [6, 6.07) is 0. The summed E-state index contributed by atoms with van der Waals surface area (Å²) in [5, 5.41) is 3.47. The third-order valence-corrected chi connectivity index (χ3v) is 3.68. The highest BCUT2D eigenvalue weighted by molar-refractivity contribution is 6.18. The normalized spacial score (nSPS) is 19.0. The van der Waals surface area contributed by atoms with Crippen LogP contribution in [0.25, 0.3) is 0 Å². The molecule has 1 aromatic rings. The van der Waals surface area contributed by atoms with Gasteiger partial charge in [0, 0.05) is 25.3 Å². The van der Waals surface area contributed by atoms with Gasteiger partial charge >= 0.3 is 0 Å². The van der Waals surface area contributed by atoms with Gasteiger partial charge in [-0.05, 0) is 26.7 Å². The number of aromatic nitrogens is 2. The highest BCUT2D eigenvalue weighted by atomic mass is 35.5. The quantitative estimate of drug-likeness (QED) is 0.842. The summed E-state index contributed by atoms with van der Waals surface area (Å²) in [6.07, 6.45) is 3.59. The lowest BCUT2D eigenvalue weighted by Crippen LogP contribution is -2.45. The maximum atomic E-state index is 6.11. The molecule has 0 aromatic carbocycles. The molecule has 0 aliphatic carbocycles. The smallest absolute Gasteiger partial charge is 0.148 e. The lowest BCUT2D eigenvalue weighted by Gasteiger charge is -2.37. The van der Waals surface area contributed by atoms with Gasteiger partial charge in [0.1, 0.15) is 5.82 Å². The van der Waals surface area contributed by atoms with Crippen molar-refractivity contribution in [3.63, 3.8) is 0 Å². The molecule has 1 aliphatic heterocycles. The summed E-state index contributed by atoms with van der Waals surface area (Å²) in [6.45, 7) is 5.39. The Kier molecular flexibility index (Phi) is 3.84. The van der Waals surface area contributed by atoms with Crippen LogP contribution in [0.1, 0.15) is 24.2 Å². The molecule has 1 aliphatic rings. The van der Waals surface area contributed by atoms with Crippen LogP contribution in [0.4, 0.5) is 5.82 Å². The summed E-state index contributed by atoms with van der Waals surface area (Å²) in [7, 11) is 0. The number of ether oxygens (including phenoxy) is 1. The van der Waals surface area contributed by atoms with E-state index in [1.807, 2.05) is 13.8 Å². The highest BCUT2D eigenvalue weighted by Gasteiger charge is 2.32. The minimum Gasteiger partial charge on any atom is -0.381 e. The van der Waals surface area contributed by atoms with E-state index in [4.69, 9.17) is 16.3 Å². The molecule has 0 saturated carbocycles. The van der Waals surface area contributed by atoms with Crippen molar-refractivity contribution in [3.05, 3.63) is 17.6 Å². The van der Waals surface area contributed by atoms with Crippen molar-refractivity contribution in [3.8, 4) is 0 Å². The number of nitrogens with zero attached hydrogens (tertiary/aromatic N) is 2. The Hall–Kier alpha value is -0.870. The molecule has 0 radical (unpaired) electrons. The van der Waals surface area contributed by atoms with E-state index in [2.05, 4.69) is 15.3 Å². The Bertz CT molecular complexity index is 391. The topological polar surface area (TPSA) is 47.0 Å². The van der Waals surface area contributed by atoms with Gasteiger partial charge in [0.25, 0.3) is 0 Å². The Morgan fingerprint density at radius 2 is 2.12 bits per heavy atom. The van der Waals surface area contributed by atoms with E-state index >= 15 is 0 Å². The van der Waals surface area contributed by atoms with Crippen molar-refractivity contribution in [2.24, 2.45) is 0 Å². The maximum Gasteiger partial charge on any atom is 0.148 e. The van der Waals surface area contributed by atoms with Crippen LogP contribution in [-0.4, -0.2) is 34.6 Å². The van der Waals surface area contributed by atoms with E-state index in [0.717, 1.165) is 43.3 Å². The monoisotopic (exact) mass is 255 g/mol. The van der Waals surface area contributed by atoms with E-state index in [0.29, 0.717) is 5.88 Å². The first-order valence-electron chi connectivity index (χ1n) is 5.87. The largest absolute Gasteiger partial charge is 0.381 e. The fraction of sp³-hybridized carbons (Fsp3) is 0.667. The molecule has 5 heteroatoms. The number of alkyl halides is 1. The zero-order valence-corrected chi connectivity index (χ0v) is 11.0. The predicted octanol–water partition coefficient (Wildman–Crippen LogP) is 2.29. The van der Waals surface area contributed by atoms with Crippen molar-refractivity contribution < 1.29 is 4.74 Å². The summed E-state index contributed by atoms with van der Waals surface area (Å²) < 4.78 is 5.38. The van der Waals surface area contributed by atoms with Crippen LogP contribution >= 0.6 is 11.6 Å². The van der Waals surface area contributed by atoms with Crippen LogP contribution in [0.2, 0.25) is 0 Å². The van der Waals surface area contributed by atoms with Crippen molar-refractivity contribution in [1.82, 2.24) is 9.97 Å².